The van der Waals surface area contributed by atoms with Gasteiger partial charge in [-0.25, -0.2) is 0 Å². The van der Waals surface area contributed by atoms with E-state index in [-0.39, 0.29) is 6.61 Å². The zero-order valence-electron chi connectivity index (χ0n) is 12.4. The van der Waals surface area contributed by atoms with E-state index in [0.717, 1.165) is 16.3 Å². The van der Waals surface area contributed by atoms with Gasteiger partial charge in [0.15, 0.2) is 6.29 Å². The molecule has 2 aromatic carbocycles. The molecule has 1 aliphatic rings. The second-order valence-electron chi connectivity index (χ2n) is 5.69. The third-order valence-electron chi connectivity index (χ3n) is 4.10. The van der Waals surface area contributed by atoms with Crippen molar-refractivity contribution in [1.82, 2.24) is 0 Å². The van der Waals surface area contributed by atoms with E-state index >= 15 is 0 Å². The summed E-state index contributed by atoms with van der Waals surface area (Å²) in [7, 11) is 0. The van der Waals surface area contributed by atoms with Crippen LogP contribution in [0.1, 0.15) is 5.56 Å². The maximum absolute atomic E-state index is 10.1. The summed E-state index contributed by atoms with van der Waals surface area (Å²) >= 11 is 0. The molecule has 1 saturated heterocycles. The molecule has 124 valence electrons. The molecule has 6 heteroatoms. The van der Waals surface area contributed by atoms with Crippen LogP contribution >= 0.6 is 0 Å². The zero-order valence-corrected chi connectivity index (χ0v) is 12.4. The lowest BCUT2D eigenvalue weighted by Gasteiger charge is -2.39. The second-order valence-corrected chi connectivity index (χ2v) is 5.69. The molecule has 6 nitrogen and oxygen atoms in total. The van der Waals surface area contributed by atoms with Gasteiger partial charge in [-0.3, -0.25) is 0 Å². The molecule has 1 aliphatic heterocycles. The van der Waals surface area contributed by atoms with Crippen LogP contribution in [-0.2, 0) is 16.1 Å². The Bertz CT molecular complexity index is 660. The Kier molecular flexibility index (Phi) is 4.91. The van der Waals surface area contributed by atoms with Crippen molar-refractivity contribution >= 4 is 10.8 Å². The van der Waals surface area contributed by atoms with E-state index in [9.17, 15) is 15.3 Å². The summed E-state index contributed by atoms with van der Waals surface area (Å²) in [5.74, 6) is 0. The van der Waals surface area contributed by atoms with Crippen LogP contribution in [0.2, 0.25) is 0 Å². The molecule has 2 unspecified atom stereocenters. The van der Waals surface area contributed by atoms with Crippen molar-refractivity contribution in [2.45, 2.75) is 37.3 Å². The predicted octanol–water partition coefficient (Wildman–Crippen LogP) is 0.156. The highest BCUT2D eigenvalue weighted by molar-refractivity contribution is 5.82. The highest BCUT2D eigenvalue weighted by Crippen LogP contribution is 2.24. The van der Waals surface area contributed by atoms with Crippen LogP contribution in [0.15, 0.2) is 42.5 Å². The number of fused-ring (bicyclic) bond motifs is 1. The molecule has 0 radical (unpaired) electrons. The maximum atomic E-state index is 10.1. The second kappa shape index (κ2) is 6.92. The molecule has 3 rings (SSSR count). The Morgan fingerprint density at radius 2 is 1.70 bits per heavy atom. The third kappa shape index (κ3) is 3.37. The standard InChI is InChI=1S/C17H20O6/c18-8-13-14(19)16(15(20)17(21)23-13)22-9-10-5-6-11-3-1-2-4-12(11)7-10/h1-7,13-21H,8-9H2/t13?,14-,15?,16+,17-/m1/s1. The van der Waals surface area contributed by atoms with Crippen LogP contribution in [0, 0.1) is 0 Å². The summed E-state index contributed by atoms with van der Waals surface area (Å²) in [6, 6.07) is 13.7. The highest BCUT2D eigenvalue weighted by Gasteiger charge is 2.44. The van der Waals surface area contributed by atoms with Gasteiger partial charge in [0.25, 0.3) is 0 Å². The van der Waals surface area contributed by atoms with Crippen molar-refractivity contribution in [1.29, 1.82) is 0 Å². The van der Waals surface area contributed by atoms with Gasteiger partial charge < -0.3 is 29.9 Å². The molecule has 5 atom stereocenters. The summed E-state index contributed by atoms with van der Waals surface area (Å²) < 4.78 is 10.5. The molecule has 0 saturated carbocycles. The van der Waals surface area contributed by atoms with Gasteiger partial charge in [0.1, 0.15) is 24.4 Å². The molecule has 4 N–H and O–H groups in total. The van der Waals surface area contributed by atoms with E-state index in [2.05, 4.69) is 0 Å². The van der Waals surface area contributed by atoms with Gasteiger partial charge >= 0.3 is 0 Å². The summed E-state index contributed by atoms with van der Waals surface area (Å²) in [5, 5.41) is 41.0. The Balaban J connectivity index is 1.72. The Labute approximate surface area is 133 Å². The number of ether oxygens (including phenoxy) is 2. The van der Waals surface area contributed by atoms with E-state index in [4.69, 9.17) is 14.6 Å². The summed E-state index contributed by atoms with van der Waals surface area (Å²) in [5.41, 5.74) is 0.879. The minimum Gasteiger partial charge on any atom is -0.394 e. The van der Waals surface area contributed by atoms with Crippen LogP contribution < -0.4 is 0 Å². The quantitative estimate of drug-likeness (QED) is 0.640. The van der Waals surface area contributed by atoms with Crippen molar-refractivity contribution in [2.24, 2.45) is 0 Å². The number of aliphatic hydroxyl groups excluding tert-OH is 4. The van der Waals surface area contributed by atoms with Crippen molar-refractivity contribution in [2.75, 3.05) is 6.61 Å². The molecule has 0 amide bonds. The van der Waals surface area contributed by atoms with Crippen LogP contribution in [0.25, 0.3) is 10.8 Å². The fourth-order valence-corrected chi connectivity index (χ4v) is 2.79. The smallest absolute Gasteiger partial charge is 0.184 e. The molecule has 0 spiro atoms. The average Bonchev–Trinajstić information content (AvgIpc) is 2.58. The molecule has 0 aromatic heterocycles. The first kappa shape index (κ1) is 16.3. The zero-order chi connectivity index (χ0) is 16.4. The molecular weight excluding hydrogens is 300 g/mol. The van der Waals surface area contributed by atoms with Crippen molar-refractivity contribution in [3.8, 4) is 0 Å². The SMILES string of the molecule is OCC1O[C@@H](O)C(O)[C@@H](OCc2ccc3ccccc3c2)[C@@H]1O. The van der Waals surface area contributed by atoms with Crippen molar-refractivity contribution < 1.29 is 29.9 Å². The van der Waals surface area contributed by atoms with Gasteiger partial charge in [-0.1, -0.05) is 36.4 Å². The Morgan fingerprint density at radius 3 is 2.43 bits per heavy atom. The fourth-order valence-electron chi connectivity index (χ4n) is 2.79. The molecular formula is C17H20O6. The third-order valence-corrected chi connectivity index (χ3v) is 4.10. The molecule has 23 heavy (non-hydrogen) atoms. The van der Waals surface area contributed by atoms with E-state index in [1.54, 1.807) is 0 Å². The number of aliphatic hydroxyl groups is 4. The lowest BCUT2D eigenvalue weighted by atomic mass is 9.99. The first-order valence-electron chi connectivity index (χ1n) is 7.50. The summed E-state index contributed by atoms with van der Waals surface area (Å²) in [6.45, 7) is -0.310. The largest absolute Gasteiger partial charge is 0.394 e. The minimum atomic E-state index is -1.50. The summed E-state index contributed by atoms with van der Waals surface area (Å²) in [6.07, 6.45) is -6.14. The number of hydrogen-bond acceptors (Lipinski definition) is 6. The van der Waals surface area contributed by atoms with Gasteiger partial charge in [-0.05, 0) is 22.4 Å². The monoisotopic (exact) mass is 320 g/mol. The lowest BCUT2D eigenvalue weighted by molar-refractivity contribution is -0.296. The van der Waals surface area contributed by atoms with E-state index in [1.165, 1.54) is 0 Å². The van der Waals surface area contributed by atoms with E-state index < -0.39 is 37.3 Å². The summed E-state index contributed by atoms with van der Waals surface area (Å²) in [4.78, 5) is 0. The average molecular weight is 320 g/mol. The van der Waals surface area contributed by atoms with Gasteiger partial charge in [0.05, 0.1) is 13.2 Å². The minimum absolute atomic E-state index is 0.161. The highest BCUT2D eigenvalue weighted by atomic mass is 16.6. The Hall–Kier alpha value is -1.54. The topological polar surface area (TPSA) is 99.4 Å². The van der Waals surface area contributed by atoms with Crippen LogP contribution in [0.5, 0.6) is 0 Å². The van der Waals surface area contributed by atoms with Crippen molar-refractivity contribution in [3.63, 3.8) is 0 Å². The van der Waals surface area contributed by atoms with E-state index in [0.29, 0.717) is 0 Å². The first-order chi connectivity index (χ1) is 11.1. The van der Waals surface area contributed by atoms with Crippen molar-refractivity contribution in [3.05, 3.63) is 48.0 Å². The van der Waals surface area contributed by atoms with Gasteiger partial charge in [-0.2, -0.15) is 0 Å². The normalized spacial score (nSPS) is 31.4. The van der Waals surface area contributed by atoms with Gasteiger partial charge in [-0.15, -0.1) is 0 Å². The fraction of sp³-hybridized carbons (Fsp3) is 0.412. The van der Waals surface area contributed by atoms with Crippen LogP contribution in [-0.4, -0.2) is 57.7 Å². The molecule has 0 bridgehead atoms. The maximum Gasteiger partial charge on any atom is 0.184 e. The number of benzene rings is 2. The molecule has 2 aromatic rings. The molecule has 0 aliphatic carbocycles. The molecule has 1 heterocycles. The van der Waals surface area contributed by atoms with Gasteiger partial charge in [0, 0.05) is 0 Å². The Morgan fingerprint density at radius 1 is 0.957 bits per heavy atom. The number of hydrogen-bond donors (Lipinski definition) is 4. The van der Waals surface area contributed by atoms with Gasteiger partial charge in [0.2, 0.25) is 0 Å². The van der Waals surface area contributed by atoms with Crippen LogP contribution in [0.3, 0.4) is 0 Å². The number of rotatable bonds is 4. The van der Waals surface area contributed by atoms with E-state index in [1.807, 2.05) is 42.5 Å². The van der Waals surface area contributed by atoms with Crippen LogP contribution in [0.4, 0.5) is 0 Å². The lowest BCUT2D eigenvalue weighted by Crippen LogP contribution is -2.59. The first-order valence-corrected chi connectivity index (χ1v) is 7.50. The predicted molar refractivity (Wildman–Crippen MR) is 82.5 cm³/mol. The molecule has 1 fully saturated rings.